The van der Waals surface area contributed by atoms with E-state index in [4.69, 9.17) is 15.2 Å². The SMILES string of the molecule is COC(=O)c1ccc(C2=CC[C@@]3(C)C(CC[C@]4(C)C3CC[C@@H]3C5[C@H](C6(C)CO6)CC[C@]5(N)CC[C@]34C)C2(C)C)cc1F. The number of benzene rings is 1. The summed E-state index contributed by atoms with van der Waals surface area (Å²) >= 11 is 0. The molecule has 5 fully saturated rings. The Labute approximate surface area is 252 Å². The first-order valence-corrected chi connectivity index (χ1v) is 16.7. The molecule has 1 aromatic rings. The van der Waals surface area contributed by atoms with Crippen molar-refractivity contribution >= 4 is 11.5 Å². The number of ether oxygens (including phenoxy) is 2. The molecule has 1 saturated heterocycles. The minimum atomic E-state index is -0.628. The third-order valence-electron chi connectivity index (χ3n) is 15.1. The zero-order chi connectivity index (χ0) is 30.1. The van der Waals surface area contributed by atoms with E-state index in [1.165, 1.54) is 51.2 Å². The molecule has 0 spiro atoms. The number of rotatable bonds is 3. The predicted octanol–water partition coefficient (Wildman–Crippen LogP) is 8.19. The van der Waals surface area contributed by atoms with Gasteiger partial charge in [0.2, 0.25) is 0 Å². The van der Waals surface area contributed by atoms with Gasteiger partial charge in [0.15, 0.2) is 0 Å². The molecule has 4 saturated carbocycles. The van der Waals surface area contributed by atoms with Gasteiger partial charge >= 0.3 is 5.97 Å². The van der Waals surface area contributed by atoms with Gasteiger partial charge in [0.25, 0.3) is 0 Å². The zero-order valence-corrected chi connectivity index (χ0v) is 26.9. The number of hydrogen-bond acceptors (Lipinski definition) is 4. The fraction of sp³-hybridized carbons (Fsp3) is 0.757. The Kier molecular flexibility index (Phi) is 6.17. The molecular weight excluding hydrogens is 525 g/mol. The topological polar surface area (TPSA) is 64.8 Å². The van der Waals surface area contributed by atoms with Gasteiger partial charge in [-0.15, -0.1) is 0 Å². The quantitative estimate of drug-likeness (QED) is 0.291. The number of methoxy groups -OCH3 is 1. The molecule has 6 aliphatic rings. The molecule has 1 aliphatic heterocycles. The van der Waals surface area contributed by atoms with Crippen LogP contribution in [0.15, 0.2) is 24.3 Å². The molecule has 10 atom stereocenters. The Balaban J connectivity index is 1.23. The van der Waals surface area contributed by atoms with Gasteiger partial charge in [-0.25, -0.2) is 9.18 Å². The van der Waals surface area contributed by atoms with Crippen LogP contribution in [0.4, 0.5) is 4.39 Å². The van der Waals surface area contributed by atoms with E-state index in [0.29, 0.717) is 29.6 Å². The van der Waals surface area contributed by atoms with Crippen molar-refractivity contribution in [2.24, 2.45) is 57.0 Å². The van der Waals surface area contributed by atoms with Crippen molar-refractivity contribution in [3.8, 4) is 0 Å². The smallest absolute Gasteiger partial charge is 0.340 e. The minimum Gasteiger partial charge on any atom is -0.465 e. The lowest BCUT2D eigenvalue weighted by atomic mass is 9.33. The van der Waals surface area contributed by atoms with Crippen LogP contribution in [0.1, 0.15) is 115 Å². The van der Waals surface area contributed by atoms with Gasteiger partial charge in [-0.2, -0.15) is 0 Å². The fourth-order valence-corrected chi connectivity index (χ4v) is 12.7. The normalized spacial score (nSPS) is 48.7. The van der Waals surface area contributed by atoms with Crippen LogP contribution in [-0.2, 0) is 9.47 Å². The molecule has 1 aromatic carbocycles. The van der Waals surface area contributed by atoms with E-state index in [-0.39, 0.29) is 38.4 Å². The first-order chi connectivity index (χ1) is 19.6. The van der Waals surface area contributed by atoms with E-state index in [0.717, 1.165) is 31.4 Å². The van der Waals surface area contributed by atoms with Gasteiger partial charge in [-0.05, 0) is 139 Å². The number of hydrogen-bond donors (Lipinski definition) is 1. The lowest BCUT2D eigenvalue weighted by molar-refractivity contribution is -0.219. The summed E-state index contributed by atoms with van der Waals surface area (Å²) in [5, 5.41) is 0. The molecule has 0 radical (unpaired) electrons. The Bertz CT molecular complexity index is 1350. The number of carbonyl (C=O) groups excluding carboxylic acids is 1. The average Bonchev–Trinajstić information content (AvgIpc) is 3.57. The summed E-state index contributed by atoms with van der Waals surface area (Å²) in [6.45, 7) is 15.9. The highest BCUT2D eigenvalue weighted by atomic mass is 19.1. The summed E-state index contributed by atoms with van der Waals surface area (Å²) < 4.78 is 25.9. The third kappa shape index (κ3) is 3.62. The van der Waals surface area contributed by atoms with Crippen molar-refractivity contribution in [1.82, 2.24) is 0 Å². The monoisotopic (exact) mass is 577 g/mol. The predicted molar refractivity (Wildman–Crippen MR) is 164 cm³/mol. The summed E-state index contributed by atoms with van der Waals surface area (Å²) in [6.07, 6.45) is 13.3. The van der Waals surface area contributed by atoms with Gasteiger partial charge in [0, 0.05) is 5.54 Å². The van der Waals surface area contributed by atoms with Crippen molar-refractivity contribution in [2.45, 2.75) is 110 Å². The van der Waals surface area contributed by atoms with Crippen molar-refractivity contribution in [3.05, 3.63) is 41.2 Å². The fourth-order valence-electron chi connectivity index (χ4n) is 12.7. The second-order valence-corrected chi connectivity index (χ2v) is 16.9. The van der Waals surface area contributed by atoms with Crippen molar-refractivity contribution < 1.29 is 18.7 Å². The van der Waals surface area contributed by atoms with Crippen LogP contribution in [-0.4, -0.2) is 30.8 Å². The largest absolute Gasteiger partial charge is 0.465 e. The number of halogens is 1. The Hall–Kier alpha value is -1.72. The number of carbonyl (C=O) groups is 1. The maximum absolute atomic E-state index is 15.1. The molecule has 0 amide bonds. The summed E-state index contributed by atoms with van der Waals surface area (Å²) in [7, 11) is 1.29. The second-order valence-electron chi connectivity index (χ2n) is 16.9. The number of nitrogens with two attached hydrogens (primary N) is 1. The van der Waals surface area contributed by atoms with E-state index in [1.54, 1.807) is 12.1 Å². The van der Waals surface area contributed by atoms with E-state index < -0.39 is 11.8 Å². The van der Waals surface area contributed by atoms with Gasteiger partial charge in [0.05, 0.1) is 24.9 Å². The molecule has 1 heterocycles. The van der Waals surface area contributed by atoms with Gasteiger partial charge < -0.3 is 15.2 Å². The third-order valence-corrected chi connectivity index (χ3v) is 15.1. The number of esters is 1. The van der Waals surface area contributed by atoms with E-state index in [2.05, 4.69) is 47.6 Å². The molecule has 2 N–H and O–H groups in total. The molecule has 0 bridgehead atoms. The molecule has 4 unspecified atom stereocenters. The standard InChI is InChI=1S/C37H52FNO3/c1-32(2)24(22-8-9-23(27(38)20-22)31(40)41-7)12-15-33(3)28(32)14-16-35(5)29(33)11-10-25-30-26(36(6)21-42-36)13-17-37(30,39)19-18-34(25,35)4/h8-9,12,20,25-26,28-30H,10-11,13-19,21,39H2,1-7H3/t25-,26-,28?,29?,30?,33+,34-,35-,36?,37+/m1/s1. The van der Waals surface area contributed by atoms with Crippen LogP contribution >= 0.6 is 0 Å². The highest BCUT2D eigenvalue weighted by molar-refractivity contribution is 5.90. The Morgan fingerprint density at radius 3 is 2.33 bits per heavy atom. The Morgan fingerprint density at radius 1 is 0.929 bits per heavy atom. The first-order valence-electron chi connectivity index (χ1n) is 16.7. The maximum Gasteiger partial charge on any atom is 0.340 e. The van der Waals surface area contributed by atoms with E-state index in [1.807, 2.05) is 6.07 Å². The molecular formula is C37H52FNO3. The number of epoxide rings is 1. The van der Waals surface area contributed by atoms with Crippen LogP contribution in [0.5, 0.6) is 0 Å². The summed E-state index contributed by atoms with van der Waals surface area (Å²) in [4.78, 5) is 12.0. The molecule has 5 heteroatoms. The molecule has 230 valence electrons. The van der Waals surface area contributed by atoms with Crippen LogP contribution in [0.2, 0.25) is 0 Å². The van der Waals surface area contributed by atoms with Crippen molar-refractivity contribution in [2.75, 3.05) is 13.7 Å². The highest BCUT2D eigenvalue weighted by Gasteiger charge is 2.71. The van der Waals surface area contributed by atoms with Gasteiger partial charge in [-0.1, -0.05) is 46.8 Å². The van der Waals surface area contributed by atoms with Crippen LogP contribution in [0.3, 0.4) is 0 Å². The summed E-state index contributed by atoms with van der Waals surface area (Å²) in [6, 6.07) is 5.05. The second kappa shape index (κ2) is 8.93. The Morgan fingerprint density at radius 2 is 1.67 bits per heavy atom. The molecule has 4 nitrogen and oxygen atoms in total. The van der Waals surface area contributed by atoms with Crippen LogP contribution in [0.25, 0.3) is 5.57 Å². The molecule has 42 heavy (non-hydrogen) atoms. The number of allylic oxidation sites excluding steroid dienone is 2. The lowest BCUT2D eigenvalue weighted by Crippen LogP contribution is -2.67. The maximum atomic E-state index is 15.1. The lowest BCUT2D eigenvalue weighted by Gasteiger charge is -2.72. The van der Waals surface area contributed by atoms with Crippen molar-refractivity contribution in [3.63, 3.8) is 0 Å². The zero-order valence-electron chi connectivity index (χ0n) is 26.9. The molecule has 5 aliphatic carbocycles. The van der Waals surface area contributed by atoms with Crippen molar-refractivity contribution in [1.29, 1.82) is 0 Å². The average molecular weight is 578 g/mol. The van der Waals surface area contributed by atoms with E-state index in [9.17, 15) is 4.79 Å². The first kappa shape index (κ1) is 29.0. The molecule has 7 rings (SSSR count). The number of fused-ring (bicyclic) bond motifs is 7. The molecule has 0 aromatic heterocycles. The van der Waals surface area contributed by atoms with Crippen LogP contribution < -0.4 is 5.73 Å². The summed E-state index contributed by atoms with van der Waals surface area (Å²) in [5.41, 5.74) is 10.1. The minimum absolute atomic E-state index is 0.000496. The highest BCUT2D eigenvalue weighted by Crippen LogP contribution is 2.77. The van der Waals surface area contributed by atoms with Gasteiger partial charge in [-0.3, -0.25) is 0 Å². The van der Waals surface area contributed by atoms with Gasteiger partial charge in [0.1, 0.15) is 5.82 Å². The summed E-state index contributed by atoms with van der Waals surface area (Å²) in [5.74, 6) is 1.88. The van der Waals surface area contributed by atoms with Crippen LogP contribution in [0, 0.1) is 57.1 Å². The van der Waals surface area contributed by atoms with E-state index >= 15 is 4.39 Å².